The monoisotopic (exact) mass is 494 g/mol. The van der Waals surface area contributed by atoms with Crippen molar-refractivity contribution in [2.45, 2.75) is 59.9 Å². The Morgan fingerprint density at radius 2 is 2.00 bits per heavy atom. The molecule has 0 spiro atoms. The summed E-state index contributed by atoms with van der Waals surface area (Å²) in [4.78, 5) is 26.6. The van der Waals surface area contributed by atoms with Gasteiger partial charge in [-0.15, -0.1) is 11.3 Å². The molecule has 0 fully saturated rings. The van der Waals surface area contributed by atoms with Gasteiger partial charge in [0.2, 0.25) is 0 Å². The van der Waals surface area contributed by atoms with Gasteiger partial charge >= 0.3 is 11.8 Å². The summed E-state index contributed by atoms with van der Waals surface area (Å²) in [6.07, 6.45) is 0.943. The predicted molar refractivity (Wildman–Crippen MR) is 125 cm³/mol. The van der Waals surface area contributed by atoms with Gasteiger partial charge in [0, 0.05) is 40.2 Å². The SMILES string of the molecule is CCn1cc(-c2ccc(Cn3c(C)nn(CC(CNC(=O)OC(C)(C)C)=C(F)F)c3=O)s2)cn1. The number of hydrogen-bond acceptors (Lipinski definition) is 6. The minimum absolute atomic E-state index is 0.268. The minimum atomic E-state index is -1.98. The molecule has 0 aliphatic heterocycles. The Labute approximate surface area is 199 Å². The van der Waals surface area contributed by atoms with Crippen molar-refractivity contribution < 1.29 is 18.3 Å². The number of rotatable bonds is 8. The zero-order valence-electron chi connectivity index (χ0n) is 19.8. The molecule has 12 heteroatoms. The molecule has 0 atom stereocenters. The second-order valence-corrected chi connectivity index (χ2v) is 9.81. The van der Waals surface area contributed by atoms with Gasteiger partial charge in [-0.1, -0.05) is 0 Å². The van der Waals surface area contributed by atoms with Gasteiger partial charge in [0.1, 0.15) is 11.4 Å². The second kappa shape index (κ2) is 10.3. The van der Waals surface area contributed by atoms with Crippen LogP contribution in [0.25, 0.3) is 10.4 Å². The number of halogens is 2. The fourth-order valence-corrected chi connectivity index (χ4v) is 4.10. The molecule has 184 valence electrons. The lowest BCUT2D eigenvalue weighted by Gasteiger charge is -2.19. The van der Waals surface area contributed by atoms with Crippen molar-refractivity contribution >= 4 is 17.4 Å². The maximum absolute atomic E-state index is 13.5. The lowest BCUT2D eigenvalue weighted by molar-refractivity contribution is 0.0531. The molecule has 1 N–H and O–H groups in total. The molecule has 0 saturated heterocycles. The Bertz CT molecular complexity index is 1240. The molecular formula is C22H28F2N6O3S. The van der Waals surface area contributed by atoms with Crippen molar-refractivity contribution in [3.63, 3.8) is 0 Å². The predicted octanol–water partition coefficient (Wildman–Crippen LogP) is 4.02. The molecule has 0 aromatic carbocycles. The highest BCUT2D eigenvalue weighted by atomic mass is 32.1. The van der Waals surface area contributed by atoms with E-state index >= 15 is 0 Å². The largest absolute Gasteiger partial charge is 0.444 e. The highest BCUT2D eigenvalue weighted by Crippen LogP contribution is 2.28. The molecule has 0 unspecified atom stereocenters. The smallest absolute Gasteiger partial charge is 0.407 e. The van der Waals surface area contributed by atoms with Crippen molar-refractivity contribution in [3.8, 4) is 10.4 Å². The Kier molecular flexibility index (Phi) is 7.70. The third-order valence-electron chi connectivity index (χ3n) is 4.78. The van der Waals surface area contributed by atoms with Gasteiger partial charge in [0.15, 0.2) is 0 Å². The molecule has 1 amide bonds. The van der Waals surface area contributed by atoms with E-state index in [0.29, 0.717) is 5.82 Å². The van der Waals surface area contributed by atoms with E-state index in [0.717, 1.165) is 26.5 Å². The highest BCUT2D eigenvalue weighted by molar-refractivity contribution is 7.15. The summed E-state index contributed by atoms with van der Waals surface area (Å²) in [6.45, 7) is 8.79. The van der Waals surface area contributed by atoms with Crippen LogP contribution in [0, 0.1) is 6.92 Å². The van der Waals surface area contributed by atoms with E-state index in [2.05, 4.69) is 15.5 Å². The molecule has 0 bridgehead atoms. The fraction of sp³-hybridized carbons (Fsp3) is 0.455. The van der Waals surface area contributed by atoms with E-state index in [1.54, 1.807) is 33.9 Å². The van der Waals surface area contributed by atoms with E-state index in [-0.39, 0.29) is 6.54 Å². The third-order valence-corrected chi connectivity index (χ3v) is 5.90. The van der Waals surface area contributed by atoms with Crippen molar-refractivity contribution in [1.29, 1.82) is 0 Å². The summed E-state index contributed by atoms with van der Waals surface area (Å²) in [5.41, 5.74) is -0.706. The lowest BCUT2D eigenvalue weighted by atomic mass is 10.2. The zero-order valence-corrected chi connectivity index (χ0v) is 20.6. The summed E-state index contributed by atoms with van der Waals surface area (Å²) in [5, 5.41) is 10.7. The normalized spacial score (nSPS) is 11.5. The molecule has 0 aliphatic carbocycles. The van der Waals surface area contributed by atoms with Crippen molar-refractivity contribution in [2.75, 3.05) is 6.54 Å². The molecule has 3 heterocycles. The van der Waals surface area contributed by atoms with Crippen LogP contribution in [-0.2, 0) is 24.4 Å². The Morgan fingerprint density at radius 1 is 1.26 bits per heavy atom. The van der Waals surface area contributed by atoms with Crippen LogP contribution in [0.2, 0.25) is 0 Å². The number of alkyl carbamates (subject to hydrolysis) is 1. The minimum Gasteiger partial charge on any atom is -0.444 e. The first-order valence-corrected chi connectivity index (χ1v) is 11.5. The topological polar surface area (TPSA) is 96.0 Å². The van der Waals surface area contributed by atoms with Gasteiger partial charge in [-0.2, -0.15) is 19.0 Å². The third kappa shape index (κ3) is 6.40. The highest BCUT2D eigenvalue weighted by Gasteiger charge is 2.19. The number of ether oxygens (including phenoxy) is 1. The fourth-order valence-electron chi connectivity index (χ4n) is 3.13. The quantitative estimate of drug-likeness (QED) is 0.510. The van der Waals surface area contributed by atoms with Crippen molar-refractivity contribution in [2.24, 2.45) is 0 Å². The molecule has 0 radical (unpaired) electrons. The van der Waals surface area contributed by atoms with Crippen molar-refractivity contribution in [3.05, 3.63) is 57.4 Å². The second-order valence-electron chi connectivity index (χ2n) is 8.64. The van der Waals surface area contributed by atoms with E-state index in [1.165, 1.54) is 15.9 Å². The van der Waals surface area contributed by atoms with Gasteiger partial charge in [-0.3, -0.25) is 9.25 Å². The number of aromatic nitrogens is 5. The Hall–Kier alpha value is -3.28. The number of carbonyl (C=O) groups excluding carboxylic acids is 1. The Balaban J connectivity index is 1.71. The number of hydrogen-bond donors (Lipinski definition) is 1. The zero-order chi connectivity index (χ0) is 25.0. The number of thiophene rings is 1. The molecule has 3 aromatic rings. The average Bonchev–Trinajstić information content (AvgIpc) is 3.45. The van der Waals surface area contributed by atoms with Gasteiger partial charge in [-0.05, 0) is 46.8 Å². The number of carbonyl (C=O) groups is 1. The molecule has 3 aromatic heterocycles. The van der Waals surface area contributed by atoms with Gasteiger partial charge in [0.05, 0.1) is 19.3 Å². The summed E-state index contributed by atoms with van der Waals surface area (Å²) >= 11 is 1.53. The first-order valence-electron chi connectivity index (χ1n) is 10.7. The van der Waals surface area contributed by atoms with E-state index in [4.69, 9.17) is 4.74 Å². The number of nitrogens with zero attached hydrogens (tertiary/aromatic N) is 5. The summed E-state index contributed by atoms with van der Waals surface area (Å²) in [6, 6.07) is 3.88. The van der Waals surface area contributed by atoms with Crippen LogP contribution in [0.3, 0.4) is 0 Å². The van der Waals surface area contributed by atoms with Crippen LogP contribution in [0.1, 0.15) is 38.4 Å². The van der Waals surface area contributed by atoms with Crippen molar-refractivity contribution in [1.82, 2.24) is 29.4 Å². The molecule has 3 rings (SSSR count). The van der Waals surface area contributed by atoms with E-state index in [1.807, 2.05) is 29.9 Å². The van der Waals surface area contributed by atoms with E-state index in [9.17, 15) is 18.4 Å². The average molecular weight is 495 g/mol. The molecular weight excluding hydrogens is 466 g/mol. The van der Waals surface area contributed by atoms with Gasteiger partial charge in [0.25, 0.3) is 6.08 Å². The number of nitrogens with one attached hydrogen (secondary N) is 1. The molecule has 9 nitrogen and oxygen atoms in total. The molecule has 34 heavy (non-hydrogen) atoms. The summed E-state index contributed by atoms with van der Waals surface area (Å²) < 4.78 is 36.3. The first-order chi connectivity index (χ1) is 16.0. The van der Waals surface area contributed by atoms with Crippen LogP contribution >= 0.6 is 11.3 Å². The first kappa shape index (κ1) is 25.3. The number of aryl methyl sites for hydroxylation is 2. The summed E-state index contributed by atoms with van der Waals surface area (Å²) in [5.74, 6) is 0.400. The van der Waals surface area contributed by atoms with Crippen LogP contribution < -0.4 is 11.0 Å². The lowest BCUT2D eigenvalue weighted by Crippen LogP contribution is -2.35. The van der Waals surface area contributed by atoms with Crippen LogP contribution in [0.4, 0.5) is 13.6 Å². The van der Waals surface area contributed by atoms with E-state index < -0.39 is 42.1 Å². The standard InChI is InChI=1S/C22H28F2N6O3S/c1-6-28-11-15(10-26-28)18-8-7-17(34-18)13-29-14(2)27-30(21(29)32)12-16(19(23)24)9-25-20(31)33-22(3,4)5/h7-8,10-11H,6,9,12-13H2,1-5H3,(H,25,31). The Morgan fingerprint density at radius 3 is 2.62 bits per heavy atom. The molecule has 0 saturated carbocycles. The van der Waals surface area contributed by atoms with Crippen LogP contribution in [0.15, 0.2) is 41.0 Å². The summed E-state index contributed by atoms with van der Waals surface area (Å²) in [7, 11) is 0. The molecule has 0 aliphatic rings. The maximum atomic E-state index is 13.5. The maximum Gasteiger partial charge on any atom is 0.407 e. The van der Waals surface area contributed by atoms with Crippen LogP contribution in [0.5, 0.6) is 0 Å². The van der Waals surface area contributed by atoms with Gasteiger partial charge < -0.3 is 10.1 Å². The number of amides is 1. The van der Waals surface area contributed by atoms with Crippen LogP contribution in [-0.4, -0.2) is 42.4 Å². The van der Waals surface area contributed by atoms with Gasteiger partial charge in [-0.25, -0.2) is 14.3 Å².